The van der Waals surface area contributed by atoms with Crippen LogP contribution in [0.15, 0.2) is 23.3 Å². The number of amides is 1. The molecule has 2 fully saturated rings. The van der Waals surface area contributed by atoms with Crippen LogP contribution in [0, 0.1) is 5.92 Å². The fourth-order valence-electron chi connectivity index (χ4n) is 4.00. The molecule has 1 amide bonds. The molecule has 7 heteroatoms. The summed E-state index contributed by atoms with van der Waals surface area (Å²) < 4.78 is 6.07. The van der Waals surface area contributed by atoms with Crippen LogP contribution >= 0.6 is 0 Å². The second-order valence-corrected chi connectivity index (χ2v) is 8.37. The Morgan fingerprint density at radius 3 is 2.83 bits per heavy atom. The average molecular weight is 402 g/mol. The minimum Gasteiger partial charge on any atom is -0.474 e. The molecule has 2 aliphatic rings. The van der Waals surface area contributed by atoms with Gasteiger partial charge in [-0.3, -0.25) is 9.79 Å². The summed E-state index contributed by atoms with van der Waals surface area (Å²) in [6.07, 6.45) is 9.09. The number of hydrogen-bond acceptors (Lipinski definition) is 4. The Bertz CT molecular complexity index is 700. The van der Waals surface area contributed by atoms with Crippen LogP contribution in [0.5, 0.6) is 5.88 Å². The van der Waals surface area contributed by atoms with Gasteiger partial charge in [0.25, 0.3) is 0 Å². The molecule has 1 unspecified atom stereocenters. The summed E-state index contributed by atoms with van der Waals surface area (Å²) in [5.74, 6) is 1.72. The molecule has 1 aliphatic heterocycles. The number of nitrogens with zero attached hydrogens (tertiary/aromatic N) is 3. The third kappa shape index (κ3) is 6.34. The lowest BCUT2D eigenvalue weighted by atomic mass is 9.98. The minimum atomic E-state index is 0.0444. The molecule has 2 heterocycles. The van der Waals surface area contributed by atoms with E-state index < -0.39 is 0 Å². The van der Waals surface area contributed by atoms with Crippen LogP contribution in [0.2, 0.25) is 0 Å². The van der Waals surface area contributed by atoms with Gasteiger partial charge in [0.15, 0.2) is 5.96 Å². The highest BCUT2D eigenvalue weighted by molar-refractivity contribution is 5.81. The van der Waals surface area contributed by atoms with Crippen LogP contribution < -0.4 is 15.4 Å². The Hall–Kier alpha value is -2.31. The summed E-state index contributed by atoms with van der Waals surface area (Å²) >= 11 is 0. The fourth-order valence-corrected chi connectivity index (χ4v) is 4.00. The van der Waals surface area contributed by atoms with Crippen LogP contribution in [0.4, 0.5) is 0 Å². The van der Waals surface area contributed by atoms with Gasteiger partial charge in [-0.2, -0.15) is 0 Å². The van der Waals surface area contributed by atoms with E-state index in [1.807, 2.05) is 30.9 Å². The van der Waals surface area contributed by atoms with Gasteiger partial charge in [-0.1, -0.05) is 20.3 Å². The minimum absolute atomic E-state index is 0.0444. The maximum Gasteiger partial charge on any atom is 0.225 e. The highest BCUT2D eigenvalue weighted by Gasteiger charge is 2.27. The van der Waals surface area contributed by atoms with Crippen molar-refractivity contribution in [2.24, 2.45) is 10.9 Å². The molecule has 29 heavy (non-hydrogen) atoms. The second kappa shape index (κ2) is 10.5. The number of ether oxygens (including phenoxy) is 1. The number of aromatic nitrogens is 1. The lowest BCUT2D eigenvalue weighted by molar-refractivity contribution is -0.133. The van der Waals surface area contributed by atoms with Gasteiger partial charge < -0.3 is 20.3 Å². The first kappa shape index (κ1) is 21.4. The molecule has 3 rings (SSSR count). The van der Waals surface area contributed by atoms with Gasteiger partial charge in [0.2, 0.25) is 11.8 Å². The van der Waals surface area contributed by atoms with Crippen molar-refractivity contribution in [3.63, 3.8) is 0 Å². The van der Waals surface area contributed by atoms with Gasteiger partial charge in [0.1, 0.15) is 6.10 Å². The Balaban J connectivity index is 1.47. The van der Waals surface area contributed by atoms with Crippen molar-refractivity contribution in [2.45, 2.75) is 71.1 Å². The van der Waals surface area contributed by atoms with Crippen molar-refractivity contribution < 1.29 is 9.53 Å². The first-order chi connectivity index (χ1) is 14.0. The van der Waals surface area contributed by atoms with Gasteiger partial charge in [-0.25, -0.2) is 4.98 Å². The first-order valence-electron chi connectivity index (χ1n) is 10.9. The summed E-state index contributed by atoms with van der Waals surface area (Å²) in [4.78, 5) is 22.8. The molecule has 2 N–H and O–H groups in total. The van der Waals surface area contributed by atoms with Crippen molar-refractivity contribution in [3.05, 3.63) is 23.9 Å². The van der Waals surface area contributed by atoms with Crippen molar-refractivity contribution >= 4 is 11.9 Å². The van der Waals surface area contributed by atoms with E-state index in [0.29, 0.717) is 18.5 Å². The monoisotopic (exact) mass is 401 g/mol. The van der Waals surface area contributed by atoms with Gasteiger partial charge in [0, 0.05) is 50.9 Å². The first-order valence-corrected chi connectivity index (χ1v) is 10.9. The smallest absolute Gasteiger partial charge is 0.225 e. The third-order valence-corrected chi connectivity index (χ3v) is 5.66. The van der Waals surface area contributed by atoms with E-state index in [1.165, 1.54) is 19.3 Å². The second-order valence-electron chi connectivity index (χ2n) is 8.37. The van der Waals surface area contributed by atoms with Gasteiger partial charge in [0.05, 0.1) is 0 Å². The number of rotatable bonds is 6. The average Bonchev–Trinajstić information content (AvgIpc) is 3.20. The fraction of sp³-hybridized carbons (Fsp3) is 0.682. The van der Waals surface area contributed by atoms with E-state index in [0.717, 1.165) is 43.9 Å². The van der Waals surface area contributed by atoms with E-state index in [-0.39, 0.29) is 17.9 Å². The normalized spacial score (nSPS) is 20.8. The summed E-state index contributed by atoms with van der Waals surface area (Å²) in [6, 6.07) is 4.23. The molecule has 7 nitrogen and oxygen atoms in total. The molecular weight excluding hydrogens is 366 g/mol. The number of hydrogen-bond donors (Lipinski definition) is 2. The van der Waals surface area contributed by atoms with Crippen LogP contribution in [0.3, 0.4) is 0 Å². The molecular formula is C22H35N5O2. The van der Waals surface area contributed by atoms with Gasteiger partial charge >= 0.3 is 0 Å². The molecule has 1 aromatic heterocycles. The Labute approximate surface area is 174 Å². The topological polar surface area (TPSA) is 78.9 Å². The summed E-state index contributed by atoms with van der Waals surface area (Å²) in [6.45, 7) is 6.07. The summed E-state index contributed by atoms with van der Waals surface area (Å²) in [5, 5.41) is 6.80. The highest BCUT2D eigenvalue weighted by Crippen LogP contribution is 2.22. The Morgan fingerprint density at radius 2 is 2.10 bits per heavy atom. The summed E-state index contributed by atoms with van der Waals surface area (Å²) in [7, 11) is 1.77. The van der Waals surface area contributed by atoms with Gasteiger partial charge in [-0.15, -0.1) is 0 Å². The summed E-state index contributed by atoms with van der Waals surface area (Å²) in [5.41, 5.74) is 1.11. The van der Waals surface area contributed by atoms with E-state index in [4.69, 9.17) is 4.74 Å². The number of guanidine groups is 1. The number of likely N-dealkylation sites (tertiary alicyclic amines) is 1. The van der Waals surface area contributed by atoms with Crippen LogP contribution in [0.25, 0.3) is 0 Å². The molecule has 1 atom stereocenters. The lowest BCUT2D eigenvalue weighted by Gasteiger charge is -2.22. The van der Waals surface area contributed by atoms with Crippen molar-refractivity contribution in [3.8, 4) is 5.88 Å². The van der Waals surface area contributed by atoms with Crippen molar-refractivity contribution in [1.82, 2.24) is 20.5 Å². The molecule has 0 bridgehead atoms. The standard InChI is InChI=1S/C22H35N5O2/c1-16(2)21(28)27-12-10-18(15-27)26-22(23-3)25-14-17-9-11-24-20(13-17)29-19-7-5-4-6-8-19/h9,11,13,16,18-19H,4-8,10,12,14-15H2,1-3H3,(H2,23,25,26). The maximum absolute atomic E-state index is 12.2. The van der Waals surface area contributed by atoms with E-state index in [2.05, 4.69) is 20.6 Å². The van der Waals surface area contributed by atoms with E-state index >= 15 is 0 Å². The molecule has 1 saturated carbocycles. The zero-order valence-corrected chi connectivity index (χ0v) is 18.0. The van der Waals surface area contributed by atoms with Crippen LogP contribution in [-0.4, -0.2) is 54.0 Å². The largest absolute Gasteiger partial charge is 0.474 e. The zero-order chi connectivity index (χ0) is 20.6. The highest BCUT2D eigenvalue weighted by atomic mass is 16.5. The molecule has 0 radical (unpaired) electrons. The maximum atomic E-state index is 12.2. The van der Waals surface area contributed by atoms with Crippen molar-refractivity contribution in [1.29, 1.82) is 0 Å². The molecule has 0 aromatic carbocycles. The predicted molar refractivity (Wildman–Crippen MR) is 115 cm³/mol. The zero-order valence-electron chi connectivity index (χ0n) is 18.0. The molecule has 1 saturated heterocycles. The molecule has 1 aromatic rings. The Morgan fingerprint density at radius 1 is 1.31 bits per heavy atom. The number of nitrogens with one attached hydrogen (secondary N) is 2. The number of pyridine rings is 1. The number of carbonyl (C=O) groups excluding carboxylic acids is 1. The predicted octanol–water partition coefficient (Wildman–Crippen LogP) is 2.72. The quantitative estimate of drug-likeness (QED) is 0.566. The van der Waals surface area contributed by atoms with E-state index in [1.54, 1.807) is 13.2 Å². The molecule has 1 aliphatic carbocycles. The van der Waals surface area contributed by atoms with Gasteiger partial charge in [-0.05, 0) is 43.7 Å². The Kier molecular flexibility index (Phi) is 7.72. The van der Waals surface area contributed by atoms with E-state index in [9.17, 15) is 4.79 Å². The third-order valence-electron chi connectivity index (χ3n) is 5.66. The SMILES string of the molecule is CN=C(NCc1ccnc(OC2CCCCC2)c1)NC1CCN(C(=O)C(C)C)C1. The number of carbonyl (C=O) groups is 1. The molecule has 160 valence electrons. The molecule has 0 spiro atoms. The van der Waals surface area contributed by atoms with Crippen LogP contribution in [0.1, 0.15) is 57.9 Å². The lowest BCUT2D eigenvalue weighted by Crippen LogP contribution is -2.45. The van der Waals surface area contributed by atoms with Crippen LogP contribution in [-0.2, 0) is 11.3 Å². The number of aliphatic imine (C=N–C) groups is 1. The van der Waals surface area contributed by atoms with Crippen molar-refractivity contribution in [2.75, 3.05) is 20.1 Å².